The smallest absolute Gasteiger partial charge is 0.267 e. The Morgan fingerprint density at radius 2 is 2.43 bits per heavy atom. The van der Waals surface area contributed by atoms with Gasteiger partial charge in [0.15, 0.2) is 5.15 Å². The third-order valence-electron chi connectivity index (χ3n) is 1.67. The summed E-state index contributed by atoms with van der Waals surface area (Å²) in [6.07, 6.45) is 0. The highest BCUT2D eigenvalue weighted by Crippen LogP contribution is 2.18. The third-order valence-corrected chi connectivity index (χ3v) is 1.94. The van der Waals surface area contributed by atoms with Crippen molar-refractivity contribution in [2.75, 3.05) is 6.61 Å². The normalized spacial score (nSPS) is 9.93. The lowest BCUT2D eigenvalue weighted by molar-refractivity contribution is 0.299. The molecule has 0 bridgehead atoms. The predicted molar refractivity (Wildman–Crippen MR) is 55.1 cm³/mol. The van der Waals surface area contributed by atoms with E-state index in [1.807, 2.05) is 6.92 Å². The van der Waals surface area contributed by atoms with Crippen molar-refractivity contribution in [3.63, 3.8) is 0 Å². The molecule has 0 fully saturated rings. The Balaban J connectivity index is 3.16. The summed E-state index contributed by atoms with van der Waals surface area (Å²) in [4.78, 5) is 11.2. The van der Waals surface area contributed by atoms with Crippen molar-refractivity contribution in [3.8, 4) is 0 Å². The van der Waals surface area contributed by atoms with Crippen LogP contribution in [0.2, 0.25) is 5.15 Å². The van der Waals surface area contributed by atoms with E-state index in [1.54, 1.807) is 0 Å². The summed E-state index contributed by atoms with van der Waals surface area (Å²) in [6.45, 7) is 5.95. The SMILES string of the molecule is C=C(OCC)c1cc(=O)n(C)nc1Cl. The summed E-state index contributed by atoms with van der Waals surface area (Å²) in [7, 11) is 1.53. The third kappa shape index (κ3) is 2.14. The van der Waals surface area contributed by atoms with Gasteiger partial charge in [-0.05, 0) is 6.92 Å². The fourth-order valence-corrected chi connectivity index (χ4v) is 1.23. The van der Waals surface area contributed by atoms with Crippen LogP contribution in [0.5, 0.6) is 0 Å². The fraction of sp³-hybridized carbons (Fsp3) is 0.333. The number of aryl methyl sites for hydroxylation is 1. The molecule has 0 unspecified atom stereocenters. The molecule has 4 nitrogen and oxygen atoms in total. The second kappa shape index (κ2) is 4.28. The molecule has 0 aliphatic carbocycles. The average Bonchev–Trinajstić information content (AvgIpc) is 2.11. The average molecular weight is 215 g/mol. The van der Waals surface area contributed by atoms with E-state index in [0.29, 0.717) is 17.9 Å². The summed E-state index contributed by atoms with van der Waals surface area (Å²) in [5.74, 6) is 0.364. The zero-order valence-corrected chi connectivity index (χ0v) is 8.84. The molecule has 0 spiro atoms. The van der Waals surface area contributed by atoms with Crippen molar-refractivity contribution in [1.82, 2.24) is 9.78 Å². The van der Waals surface area contributed by atoms with Crippen LogP contribution in [-0.4, -0.2) is 16.4 Å². The molecule has 0 N–H and O–H groups in total. The Hall–Kier alpha value is -1.29. The van der Waals surface area contributed by atoms with Gasteiger partial charge >= 0.3 is 0 Å². The summed E-state index contributed by atoms with van der Waals surface area (Å²) >= 11 is 5.82. The number of nitrogens with zero attached hydrogens (tertiary/aromatic N) is 2. The van der Waals surface area contributed by atoms with Gasteiger partial charge in [0.05, 0.1) is 12.2 Å². The molecule has 0 atom stereocenters. The molecule has 1 heterocycles. The number of ether oxygens (including phenoxy) is 1. The molecule has 5 heteroatoms. The summed E-state index contributed by atoms with van der Waals surface area (Å²) < 4.78 is 6.29. The molecule has 0 amide bonds. The van der Waals surface area contributed by atoms with E-state index in [9.17, 15) is 4.79 Å². The van der Waals surface area contributed by atoms with Gasteiger partial charge in [-0.2, -0.15) is 5.10 Å². The molecule has 1 aromatic rings. The Kier molecular flexibility index (Phi) is 3.30. The maximum Gasteiger partial charge on any atom is 0.267 e. The largest absolute Gasteiger partial charge is 0.494 e. The summed E-state index contributed by atoms with van der Waals surface area (Å²) in [5.41, 5.74) is 0.196. The molecule has 0 saturated heterocycles. The number of aromatic nitrogens is 2. The maximum atomic E-state index is 11.2. The van der Waals surface area contributed by atoms with Gasteiger partial charge in [-0.25, -0.2) is 4.68 Å². The Morgan fingerprint density at radius 1 is 1.79 bits per heavy atom. The lowest BCUT2D eigenvalue weighted by Gasteiger charge is -2.08. The molecule has 0 aliphatic rings. The second-order valence-electron chi connectivity index (χ2n) is 2.67. The summed E-state index contributed by atoms with van der Waals surface area (Å²) in [6, 6.07) is 1.35. The zero-order chi connectivity index (χ0) is 10.7. The molecule has 1 rings (SSSR count). The van der Waals surface area contributed by atoms with Crippen molar-refractivity contribution >= 4 is 17.4 Å². The van der Waals surface area contributed by atoms with E-state index in [4.69, 9.17) is 16.3 Å². The lowest BCUT2D eigenvalue weighted by Crippen LogP contribution is -2.19. The van der Waals surface area contributed by atoms with E-state index in [-0.39, 0.29) is 10.7 Å². The molecule has 1 aromatic heterocycles. The van der Waals surface area contributed by atoms with Crippen molar-refractivity contribution in [3.05, 3.63) is 33.7 Å². The first kappa shape index (κ1) is 10.8. The van der Waals surface area contributed by atoms with E-state index in [1.165, 1.54) is 13.1 Å². The van der Waals surface area contributed by atoms with Crippen LogP contribution in [-0.2, 0) is 11.8 Å². The predicted octanol–water partition coefficient (Wildman–Crippen LogP) is 1.44. The quantitative estimate of drug-likeness (QED) is 0.716. The minimum Gasteiger partial charge on any atom is -0.494 e. The van der Waals surface area contributed by atoms with Gasteiger partial charge in [0.1, 0.15) is 5.76 Å². The van der Waals surface area contributed by atoms with Gasteiger partial charge in [0, 0.05) is 13.1 Å². The molecular weight excluding hydrogens is 204 g/mol. The van der Waals surface area contributed by atoms with Gasteiger partial charge < -0.3 is 4.74 Å². The number of halogens is 1. The van der Waals surface area contributed by atoms with Crippen molar-refractivity contribution in [1.29, 1.82) is 0 Å². The van der Waals surface area contributed by atoms with Gasteiger partial charge in [0.25, 0.3) is 5.56 Å². The standard InChI is InChI=1S/C9H11ClN2O2/c1-4-14-6(2)7-5-8(13)12(3)11-9(7)10/h5H,2,4H2,1,3H3. The van der Waals surface area contributed by atoms with Gasteiger partial charge in [0.2, 0.25) is 0 Å². The van der Waals surface area contributed by atoms with E-state index < -0.39 is 0 Å². The number of hydrogen-bond donors (Lipinski definition) is 0. The van der Waals surface area contributed by atoms with Crippen LogP contribution in [0.15, 0.2) is 17.4 Å². The Bertz CT molecular complexity index is 412. The highest BCUT2D eigenvalue weighted by molar-refractivity contribution is 6.30. The van der Waals surface area contributed by atoms with Gasteiger partial charge in [-0.3, -0.25) is 4.79 Å². The molecular formula is C9H11ClN2O2. The second-order valence-corrected chi connectivity index (χ2v) is 3.02. The molecule has 0 aromatic carbocycles. The lowest BCUT2D eigenvalue weighted by atomic mass is 10.3. The van der Waals surface area contributed by atoms with Crippen molar-refractivity contribution in [2.45, 2.75) is 6.92 Å². The zero-order valence-electron chi connectivity index (χ0n) is 8.08. The van der Waals surface area contributed by atoms with Gasteiger partial charge in [-0.1, -0.05) is 18.2 Å². The Morgan fingerprint density at radius 3 is 3.00 bits per heavy atom. The molecule has 0 aliphatic heterocycles. The number of hydrogen-bond acceptors (Lipinski definition) is 3. The highest BCUT2D eigenvalue weighted by Gasteiger charge is 2.08. The first-order chi connectivity index (χ1) is 6.56. The topological polar surface area (TPSA) is 44.1 Å². The highest BCUT2D eigenvalue weighted by atomic mass is 35.5. The minimum atomic E-state index is -0.245. The van der Waals surface area contributed by atoms with Crippen LogP contribution in [0.1, 0.15) is 12.5 Å². The molecule has 14 heavy (non-hydrogen) atoms. The van der Waals surface area contributed by atoms with E-state index in [2.05, 4.69) is 11.7 Å². The van der Waals surface area contributed by atoms with Crippen molar-refractivity contribution < 1.29 is 4.74 Å². The fourth-order valence-electron chi connectivity index (χ4n) is 0.959. The first-order valence-corrected chi connectivity index (χ1v) is 4.50. The minimum absolute atomic E-state index is 0.213. The number of rotatable bonds is 3. The summed E-state index contributed by atoms with van der Waals surface area (Å²) in [5, 5.41) is 4.02. The molecule has 76 valence electrons. The van der Waals surface area contributed by atoms with Crippen LogP contribution in [0, 0.1) is 0 Å². The van der Waals surface area contributed by atoms with E-state index in [0.717, 1.165) is 4.68 Å². The van der Waals surface area contributed by atoms with E-state index >= 15 is 0 Å². The molecule has 0 saturated carbocycles. The van der Waals surface area contributed by atoms with Crippen LogP contribution in [0.4, 0.5) is 0 Å². The van der Waals surface area contributed by atoms with Crippen LogP contribution < -0.4 is 5.56 Å². The Labute approximate surface area is 86.8 Å². The maximum absolute atomic E-state index is 11.2. The first-order valence-electron chi connectivity index (χ1n) is 4.12. The van der Waals surface area contributed by atoms with Crippen molar-refractivity contribution in [2.24, 2.45) is 7.05 Å². The van der Waals surface area contributed by atoms with Crippen LogP contribution >= 0.6 is 11.6 Å². The molecule has 0 radical (unpaired) electrons. The van der Waals surface area contributed by atoms with Crippen LogP contribution in [0.3, 0.4) is 0 Å². The monoisotopic (exact) mass is 214 g/mol. The van der Waals surface area contributed by atoms with Crippen LogP contribution in [0.25, 0.3) is 5.76 Å². The van der Waals surface area contributed by atoms with Gasteiger partial charge in [-0.15, -0.1) is 0 Å².